The molecule has 1 unspecified atom stereocenters. The Morgan fingerprint density at radius 1 is 1.62 bits per heavy atom. The normalized spacial score (nSPS) is 22.3. The Morgan fingerprint density at radius 3 is 2.69 bits per heavy atom. The Bertz CT molecular complexity index is 381. The zero-order valence-corrected chi connectivity index (χ0v) is 10.3. The Hall–Kier alpha value is -1.23. The van der Waals surface area contributed by atoms with Gasteiger partial charge in [-0.05, 0) is 17.7 Å². The second kappa shape index (κ2) is 5.21. The molecule has 88 valence electrons. The number of rotatable bonds is 3. The minimum Gasteiger partial charge on any atom is -0.496 e. The van der Waals surface area contributed by atoms with Crippen molar-refractivity contribution in [1.82, 2.24) is 0 Å². The summed E-state index contributed by atoms with van der Waals surface area (Å²) in [5, 5.41) is 8.83. The zero-order chi connectivity index (χ0) is 12.3. The molecule has 1 rings (SSSR count). The summed E-state index contributed by atoms with van der Waals surface area (Å²) in [5.74, 6) is -0.719. The molecule has 0 amide bonds. The van der Waals surface area contributed by atoms with Crippen molar-refractivity contribution >= 4 is 22.8 Å². The van der Waals surface area contributed by atoms with Gasteiger partial charge >= 0.3 is 5.97 Å². The molecular formula is C11H14O4S. The minimum absolute atomic E-state index is 0.000648. The lowest BCUT2D eigenvalue weighted by Crippen LogP contribution is -2.15. The van der Waals surface area contributed by atoms with Crippen LogP contribution in [0.4, 0.5) is 0 Å². The molecule has 1 N–H and O–H groups in total. The third kappa shape index (κ3) is 2.88. The van der Waals surface area contributed by atoms with E-state index < -0.39 is 5.97 Å². The molecule has 0 fully saturated rings. The molecule has 0 radical (unpaired) electrons. The maximum atomic E-state index is 11.3. The van der Waals surface area contributed by atoms with Gasteiger partial charge in [0.25, 0.3) is 0 Å². The van der Waals surface area contributed by atoms with Gasteiger partial charge in [-0.25, -0.2) is 4.79 Å². The third-order valence-corrected chi connectivity index (χ3v) is 3.27. The molecule has 0 aromatic carbocycles. The summed E-state index contributed by atoms with van der Waals surface area (Å²) >= 11 is 1.15. The van der Waals surface area contributed by atoms with Crippen molar-refractivity contribution in [3.8, 4) is 0 Å². The van der Waals surface area contributed by atoms with Crippen molar-refractivity contribution in [2.24, 2.45) is 5.92 Å². The molecule has 1 aliphatic rings. The average Bonchev–Trinajstić information content (AvgIpc) is 2.13. The monoisotopic (exact) mass is 242 g/mol. The molecule has 0 spiro atoms. The molecule has 0 aromatic rings. The van der Waals surface area contributed by atoms with Crippen LogP contribution in [-0.2, 0) is 14.3 Å². The molecule has 0 saturated heterocycles. The Morgan fingerprint density at radius 2 is 2.25 bits per heavy atom. The fourth-order valence-corrected chi connectivity index (χ4v) is 2.83. The number of methoxy groups -OCH3 is 1. The number of thioether (sulfide) groups is 1. The predicted octanol–water partition coefficient (Wildman–Crippen LogP) is 2.17. The lowest BCUT2D eigenvalue weighted by atomic mass is 9.95. The second-order valence-corrected chi connectivity index (χ2v) is 4.87. The van der Waals surface area contributed by atoms with E-state index in [-0.39, 0.29) is 11.0 Å². The van der Waals surface area contributed by atoms with Gasteiger partial charge < -0.3 is 9.84 Å². The van der Waals surface area contributed by atoms with E-state index in [1.165, 1.54) is 7.11 Å². The van der Waals surface area contributed by atoms with Gasteiger partial charge in [-0.3, -0.25) is 4.79 Å². The number of carboxylic acid groups (broad SMARTS) is 1. The zero-order valence-electron chi connectivity index (χ0n) is 9.44. The van der Waals surface area contributed by atoms with Gasteiger partial charge in [-0.15, -0.1) is 0 Å². The molecule has 4 nitrogen and oxygen atoms in total. The topological polar surface area (TPSA) is 63.6 Å². The first-order chi connectivity index (χ1) is 7.45. The van der Waals surface area contributed by atoms with Gasteiger partial charge in [0.15, 0.2) is 5.12 Å². The van der Waals surface area contributed by atoms with Crippen LogP contribution in [0.15, 0.2) is 22.3 Å². The highest BCUT2D eigenvalue weighted by atomic mass is 32.2. The first-order valence-corrected chi connectivity index (χ1v) is 5.67. The summed E-state index contributed by atoms with van der Waals surface area (Å²) in [6.45, 7) is 3.70. The second-order valence-electron chi connectivity index (χ2n) is 3.60. The first-order valence-electron chi connectivity index (χ1n) is 4.86. The van der Waals surface area contributed by atoms with E-state index >= 15 is 0 Å². The molecule has 0 bridgehead atoms. The summed E-state index contributed by atoms with van der Waals surface area (Å²) in [6, 6.07) is 0. The summed E-state index contributed by atoms with van der Waals surface area (Å²) in [6.07, 6.45) is 1.45. The van der Waals surface area contributed by atoms with Crippen molar-refractivity contribution in [3.63, 3.8) is 0 Å². The Balaban J connectivity index is 3.13. The minimum atomic E-state index is -1.05. The van der Waals surface area contributed by atoms with E-state index in [9.17, 15) is 9.59 Å². The van der Waals surface area contributed by atoms with Crippen LogP contribution in [-0.4, -0.2) is 23.3 Å². The molecule has 0 saturated carbocycles. The molecule has 0 aliphatic carbocycles. The number of carbonyl (C=O) groups is 2. The highest BCUT2D eigenvalue weighted by molar-refractivity contribution is 8.17. The SMILES string of the molecule is COC(=CC(=O)O)C1=C(C)SC(=O)CC1C. The van der Waals surface area contributed by atoms with Crippen LogP contribution in [0.1, 0.15) is 20.3 Å². The van der Waals surface area contributed by atoms with E-state index in [0.29, 0.717) is 12.2 Å². The van der Waals surface area contributed by atoms with E-state index in [1.807, 2.05) is 13.8 Å². The van der Waals surface area contributed by atoms with Crippen molar-refractivity contribution in [1.29, 1.82) is 0 Å². The summed E-state index contributed by atoms with van der Waals surface area (Å²) in [5.41, 5.74) is 0.814. The molecule has 0 aromatic heterocycles. The smallest absolute Gasteiger partial charge is 0.332 e. The maximum absolute atomic E-state index is 11.3. The van der Waals surface area contributed by atoms with E-state index in [0.717, 1.165) is 28.3 Å². The van der Waals surface area contributed by atoms with Gasteiger partial charge in [0.1, 0.15) is 5.76 Å². The van der Waals surface area contributed by atoms with Crippen molar-refractivity contribution in [3.05, 3.63) is 22.3 Å². The Labute approximate surface area is 98.4 Å². The average molecular weight is 242 g/mol. The van der Waals surface area contributed by atoms with Crippen LogP contribution in [0.5, 0.6) is 0 Å². The maximum Gasteiger partial charge on any atom is 0.332 e. The number of ether oxygens (including phenoxy) is 1. The van der Waals surface area contributed by atoms with Crippen molar-refractivity contribution < 1.29 is 19.4 Å². The molecule has 16 heavy (non-hydrogen) atoms. The molecule has 1 atom stereocenters. The van der Waals surface area contributed by atoms with Crippen LogP contribution >= 0.6 is 11.8 Å². The third-order valence-electron chi connectivity index (χ3n) is 2.35. The van der Waals surface area contributed by atoms with Crippen LogP contribution in [0.25, 0.3) is 0 Å². The van der Waals surface area contributed by atoms with Gasteiger partial charge in [0.2, 0.25) is 0 Å². The van der Waals surface area contributed by atoms with Crippen LogP contribution < -0.4 is 0 Å². The number of carboxylic acids is 1. The number of hydrogen-bond donors (Lipinski definition) is 1. The highest BCUT2D eigenvalue weighted by Crippen LogP contribution is 2.38. The number of aliphatic carboxylic acids is 1. The number of carbonyl (C=O) groups excluding carboxylic acids is 1. The van der Waals surface area contributed by atoms with E-state index in [4.69, 9.17) is 9.84 Å². The van der Waals surface area contributed by atoms with Crippen molar-refractivity contribution in [2.45, 2.75) is 20.3 Å². The van der Waals surface area contributed by atoms with Gasteiger partial charge in [0, 0.05) is 12.0 Å². The van der Waals surface area contributed by atoms with E-state index in [1.54, 1.807) is 0 Å². The fourth-order valence-electron chi connectivity index (χ4n) is 1.74. The molecule has 5 heteroatoms. The fraction of sp³-hybridized carbons (Fsp3) is 0.455. The standard InChI is InChI=1S/C11H14O4S/c1-6-4-10(14)16-7(2)11(6)8(15-3)5-9(12)13/h5-6H,4H2,1-3H3,(H,12,13). The van der Waals surface area contributed by atoms with Crippen LogP contribution in [0.2, 0.25) is 0 Å². The number of hydrogen-bond acceptors (Lipinski definition) is 4. The number of allylic oxidation sites excluding steroid dienone is 2. The highest BCUT2D eigenvalue weighted by Gasteiger charge is 2.26. The largest absolute Gasteiger partial charge is 0.496 e. The molecule has 1 aliphatic heterocycles. The quantitative estimate of drug-likeness (QED) is 0.607. The van der Waals surface area contributed by atoms with Gasteiger partial charge in [0.05, 0.1) is 13.2 Å². The lowest BCUT2D eigenvalue weighted by molar-refractivity contribution is -0.131. The summed E-state index contributed by atoms with van der Waals surface area (Å²) in [4.78, 5) is 22.8. The Kier molecular flexibility index (Phi) is 4.18. The lowest BCUT2D eigenvalue weighted by Gasteiger charge is -2.23. The summed E-state index contributed by atoms with van der Waals surface area (Å²) in [7, 11) is 1.43. The first kappa shape index (κ1) is 12.8. The van der Waals surface area contributed by atoms with Crippen molar-refractivity contribution in [2.75, 3.05) is 7.11 Å². The predicted molar refractivity (Wildman–Crippen MR) is 61.8 cm³/mol. The summed E-state index contributed by atoms with van der Waals surface area (Å²) < 4.78 is 5.07. The molecular weight excluding hydrogens is 228 g/mol. The van der Waals surface area contributed by atoms with Gasteiger partial charge in [-0.1, -0.05) is 18.7 Å². The van der Waals surface area contributed by atoms with E-state index in [2.05, 4.69) is 0 Å². The van der Waals surface area contributed by atoms with Crippen LogP contribution in [0.3, 0.4) is 0 Å². The van der Waals surface area contributed by atoms with Crippen LogP contribution in [0, 0.1) is 5.92 Å². The van der Waals surface area contributed by atoms with Gasteiger partial charge in [-0.2, -0.15) is 0 Å². The molecule has 1 heterocycles.